The van der Waals surface area contributed by atoms with E-state index < -0.39 is 5.60 Å². The topological polar surface area (TPSA) is 91.5 Å². The second kappa shape index (κ2) is 5.97. The van der Waals surface area contributed by atoms with Crippen LogP contribution in [0, 0.1) is 0 Å². The maximum absolute atomic E-state index is 12.4. The van der Waals surface area contributed by atoms with E-state index in [9.17, 15) is 9.90 Å². The molecule has 6 nitrogen and oxygen atoms in total. The number of aliphatic hydroxyl groups is 1. The number of piperidine rings is 1. The van der Waals surface area contributed by atoms with Crippen LogP contribution in [0.15, 0.2) is 0 Å². The molecule has 1 fully saturated rings. The number of thiazole rings is 1. The molecule has 2 heterocycles. The van der Waals surface area contributed by atoms with Crippen LogP contribution in [0.25, 0.3) is 0 Å². The first-order chi connectivity index (χ1) is 9.43. The van der Waals surface area contributed by atoms with Gasteiger partial charge in [-0.25, -0.2) is 4.98 Å². The molecular weight excluding hydrogens is 276 g/mol. The zero-order valence-corrected chi connectivity index (χ0v) is 12.8. The third-order valence-corrected chi connectivity index (χ3v) is 4.52. The number of nitrogens with one attached hydrogen (secondary N) is 1. The predicted molar refractivity (Wildman–Crippen MR) is 81.1 cm³/mol. The lowest BCUT2D eigenvalue weighted by atomic mass is 9.94. The van der Waals surface area contributed by atoms with Crippen LogP contribution in [0.1, 0.15) is 42.8 Å². The normalized spacial score (nSPS) is 18.1. The number of hydrogen-bond donors (Lipinski definition) is 3. The van der Waals surface area contributed by atoms with Crippen molar-refractivity contribution in [3.8, 4) is 0 Å². The summed E-state index contributed by atoms with van der Waals surface area (Å²) in [5.74, 6) is 0.205. The molecule has 1 amide bonds. The molecule has 20 heavy (non-hydrogen) atoms. The van der Waals surface area contributed by atoms with Crippen LogP contribution in [-0.4, -0.2) is 46.1 Å². The highest BCUT2D eigenvalue weighted by Gasteiger charge is 2.31. The third kappa shape index (κ3) is 3.40. The Morgan fingerprint density at radius 1 is 1.55 bits per heavy atom. The highest BCUT2D eigenvalue weighted by atomic mass is 32.1. The van der Waals surface area contributed by atoms with Crippen molar-refractivity contribution in [1.82, 2.24) is 9.88 Å². The molecule has 0 spiro atoms. The molecule has 0 unspecified atom stereocenters. The molecule has 0 bridgehead atoms. The number of hydrogen-bond acceptors (Lipinski definition) is 6. The number of amides is 1. The van der Waals surface area contributed by atoms with Crippen LogP contribution in [0.4, 0.5) is 10.9 Å². The molecule has 0 aliphatic carbocycles. The summed E-state index contributed by atoms with van der Waals surface area (Å²) in [5.41, 5.74) is 5.17. The summed E-state index contributed by atoms with van der Waals surface area (Å²) in [7, 11) is 0. The molecule has 1 aliphatic heterocycles. The molecule has 1 aromatic rings. The lowest BCUT2D eigenvalue weighted by Crippen LogP contribution is -2.45. The molecule has 0 saturated carbocycles. The van der Waals surface area contributed by atoms with E-state index in [-0.39, 0.29) is 11.7 Å². The van der Waals surface area contributed by atoms with E-state index in [4.69, 9.17) is 5.73 Å². The lowest BCUT2D eigenvalue weighted by Gasteiger charge is -2.35. The molecule has 112 valence electrons. The molecule has 0 radical (unpaired) electrons. The Morgan fingerprint density at radius 3 is 2.80 bits per heavy atom. The van der Waals surface area contributed by atoms with Crippen LogP contribution in [0.2, 0.25) is 0 Å². The smallest absolute Gasteiger partial charge is 0.267 e. The monoisotopic (exact) mass is 298 g/mol. The first kappa shape index (κ1) is 15.1. The average molecular weight is 298 g/mol. The van der Waals surface area contributed by atoms with Crippen molar-refractivity contribution in [3.63, 3.8) is 0 Å². The molecular formula is C13H22N4O2S. The fraction of sp³-hybridized carbons (Fsp3) is 0.692. The number of nitrogens with two attached hydrogens (primary N) is 1. The van der Waals surface area contributed by atoms with Crippen molar-refractivity contribution in [2.45, 2.75) is 38.7 Å². The Balaban J connectivity index is 2.04. The molecule has 0 aromatic carbocycles. The Hall–Kier alpha value is -1.34. The summed E-state index contributed by atoms with van der Waals surface area (Å²) in [6.07, 6.45) is 2.18. The second-order valence-corrected chi connectivity index (χ2v) is 6.45. The maximum atomic E-state index is 12.4. The number of aromatic nitrogens is 1. The van der Waals surface area contributed by atoms with E-state index in [0.29, 0.717) is 35.9 Å². The van der Waals surface area contributed by atoms with Gasteiger partial charge in [0.2, 0.25) is 0 Å². The Kier molecular flexibility index (Phi) is 4.49. The van der Waals surface area contributed by atoms with Crippen LogP contribution >= 0.6 is 11.3 Å². The van der Waals surface area contributed by atoms with Crippen molar-refractivity contribution >= 4 is 28.2 Å². The fourth-order valence-corrected chi connectivity index (χ4v) is 3.01. The second-order valence-electron chi connectivity index (χ2n) is 5.45. The standard InChI is InChI=1S/C13H22N4O2S/c1-3-6-15-12-16-10(14)9(20-12)11(18)17-7-4-13(2,19)5-8-17/h19H,3-8,14H2,1-2H3,(H,15,16). The minimum absolute atomic E-state index is 0.0833. The summed E-state index contributed by atoms with van der Waals surface area (Å²) >= 11 is 1.30. The number of rotatable bonds is 4. The largest absolute Gasteiger partial charge is 0.390 e. The molecule has 1 aliphatic rings. The predicted octanol–water partition coefficient (Wildman–Crippen LogP) is 1.53. The van der Waals surface area contributed by atoms with Gasteiger partial charge >= 0.3 is 0 Å². The van der Waals surface area contributed by atoms with Gasteiger partial charge < -0.3 is 21.1 Å². The minimum atomic E-state index is -0.663. The van der Waals surface area contributed by atoms with Gasteiger partial charge in [0.25, 0.3) is 5.91 Å². The van der Waals surface area contributed by atoms with Crippen LogP contribution < -0.4 is 11.1 Å². The van der Waals surface area contributed by atoms with Crippen molar-refractivity contribution in [2.75, 3.05) is 30.7 Å². The van der Waals surface area contributed by atoms with Crippen molar-refractivity contribution in [3.05, 3.63) is 4.88 Å². The third-order valence-electron chi connectivity index (χ3n) is 3.50. The van der Waals surface area contributed by atoms with Crippen LogP contribution in [0.3, 0.4) is 0 Å². The van der Waals surface area contributed by atoms with Crippen molar-refractivity contribution in [2.24, 2.45) is 0 Å². The minimum Gasteiger partial charge on any atom is -0.390 e. The van der Waals surface area contributed by atoms with Gasteiger partial charge in [0.1, 0.15) is 10.7 Å². The number of nitrogen functional groups attached to an aromatic ring is 1. The summed E-state index contributed by atoms with van der Waals surface area (Å²) in [6, 6.07) is 0. The van der Waals surface area contributed by atoms with Crippen molar-refractivity contribution in [1.29, 1.82) is 0 Å². The number of anilines is 2. The maximum Gasteiger partial charge on any atom is 0.267 e. The van der Waals surface area contributed by atoms with E-state index >= 15 is 0 Å². The van der Waals surface area contributed by atoms with Crippen LogP contribution in [0.5, 0.6) is 0 Å². The zero-order valence-electron chi connectivity index (χ0n) is 12.0. The summed E-state index contributed by atoms with van der Waals surface area (Å²) in [5, 5.41) is 13.8. The average Bonchev–Trinajstić information content (AvgIpc) is 2.77. The highest BCUT2D eigenvalue weighted by Crippen LogP contribution is 2.29. The SMILES string of the molecule is CCCNc1nc(N)c(C(=O)N2CCC(C)(O)CC2)s1. The summed E-state index contributed by atoms with van der Waals surface area (Å²) < 4.78 is 0. The number of nitrogens with zero attached hydrogens (tertiary/aromatic N) is 2. The van der Waals surface area contributed by atoms with Crippen LogP contribution in [-0.2, 0) is 0 Å². The summed E-state index contributed by atoms with van der Waals surface area (Å²) in [6.45, 7) is 5.80. The Bertz CT molecular complexity index is 477. The molecule has 1 saturated heterocycles. The van der Waals surface area contributed by atoms with Crippen molar-refractivity contribution < 1.29 is 9.90 Å². The highest BCUT2D eigenvalue weighted by molar-refractivity contribution is 7.18. The molecule has 7 heteroatoms. The Morgan fingerprint density at radius 2 is 2.20 bits per heavy atom. The van der Waals surface area contributed by atoms with E-state index in [0.717, 1.165) is 13.0 Å². The van der Waals surface area contributed by atoms with E-state index in [1.807, 2.05) is 6.92 Å². The number of carbonyl (C=O) groups excluding carboxylic acids is 1. The molecule has 0 atom stereocenters. The van der Waals surface area contributed by atoms with Gasteiger partial charge in [-0.05, 0) is 26.2 Å². The Labute approximate surface area is 123 Å². The molecule has 1 aromatic heterocycles. The van der Waals surface area contributed by atoms with Gasteiger partial charge in [-0.2, -0.15) is 0 Å². The fourth-order valence-electron chi connectivity index (χ4n) is 2.13. The number of carbonyl (C=O) groups is 1. The number of likely N-dealkylation sites (tertiary alicyclic amines) is 1. The molecule has 4 N–H and O–H groups in total. The first-order valence-electron chi connectivity index (χ1n) is 6.95. The van der Waals surface area contributed by atoms with E-state index in [1.54, 1.807) is 4.90 Å². The first-order valence-corrected chi connectivity index (χ1v) is 7.76. The molecule has 2 rings (SSSR count). The van der Waals surface area contributed by atoms with Gasteiger partial charge in [0, 0.05) is 19.6 Å². The van der Waals surface area contributed by atoms with E-state index in [2.05, 4.69) is 17.2 Å². The van der Waals surface area contributed by atoms with Gasteiger partial charge in [-0.1, -0.05) is 18.3 Å². The van der Waals surface area contributed by atoms with Gasteiger partial charge in [0.15, 0.2) is 5.13 Å². The van der Waals surface area contributed by atoms with Gasteiger partial charge in [0.05, 0.1) is 5.60 Å². The zero-order chi connectivity index (χ0) is 14.8. The van der Waals surface area contributed by atoms with Gasteiger partial charge in [-0.3, -0.25) is 4.79 Å². The lowest BCUT2D eigenvalue weighted by molar-refractivity contribution is -0.00185. The van der Waals surface area contributed by atoms with E-state index in [1.165, 1.54) is 11.3 Å². The summed E-state index contributed by atoms with van der Waals surface area (Å²) in [4.78, 5) is 18.8. The van der Waals surface area contributed by atoms with Gasteiger partial charge in [-0.15, -0.1) is 0 Å². The quantitative estimate of drug-likeness (QED) is 0.784.